The number of aliphatic hydroxyl groups excluding tert-OH is 1. The maximum absolute atomic E-state index is 12.1. The molecule has 0 radical (unpaired) electrons. The number of carbonyl (C=O) groups is 1. The van der Waals surface area contributed by atoms with Crippen LogP contribution in [0.5, 0.6) is 0 Å². The number of aliphatic hydroxyl groups is 1. The van der Waals surface area contributed by atoms with Crippen LogP contribution in [0.4, 0.5) is 0 Å². The molecule has 1 aromatic heterocycles. The van der Waals surface area contributed by atoms with E-state index in [0.717, 1.165) is 18.4 Å². The zero-order chi connectivity index (χ0) is 14.6. The van der Waals surface area contributed by atoms with E-state index in [4.69, 9.17) is 5.11 Å². The van der Waals surface area contributed by atoms with Crippen LogP contribution in [0.3, 0.4) is 0 Å². The van der Waals surface area contributed by atoms with E-state index in [1.165, 1.54) is 0 Å². The zero-order valence-electron chi connectivity index (χ0n) is 11.8. The molecule has 0 aliphatic rings. The third kappa shape index (κ3) is 3.54. The Morgan fingerprint density at radius 3 is 2.85 bits per heavy atom. The predicted octanol–water partition coefficient (Wildman–Crippen LogP) is 1.49. The van der Waals surface area contributed by atoms with Crippen molar-refractivity contribution in [1.82, 2.24) is 20.7 Å². The van der Waals surface area contributed by atoms with Gasteiger partial charge in [0, 0.05) is 18.7 Å². The number of aromatic nitrogens is 3. The Bertz CT molecular complexity index is 592. The summed E-state index contributed by atoms with van der Waals surface area (Å²) in [5.74, 6) is -0.119. The molecule has 0 saturated heterocycles. The second-order valence-corrected chi connectivity index (χ2v) is 5.70. The number of nitrogens with one attached hydrogen (secondary N) is 2. The van der Waals surface area contributed by atoms with Crippen molar-refractivity contribution in [3.8, 4) is 0 Å². The third-order valence-electron chi connectivity index (χ3n) is 3.32. The molecule has 1 aromatic carbocycles. The number of hydrogen-bond donors (Lipinski definition) is 3. The first-order valence-electron chi connectivity index (χ1n) is 6.71. The predicted molar refractivity (Wildman–Crippen MR) is 76.3 cm³/mol. The lowest BCUT2D eigenvalue weighted by Crippen LogP contribution is -2.34. The average molecular weight is 276 g/mol. The van der Waals surface area contributed by atoms with Crippen LogP contribution in [0.2, 0.25) is 0 Å². The standard InChI is InChI=1S/C14H20N4O2/c1-14(2,6-3-7-19)9-15-13(20)10-4-5-11-12(8-10)17-18-16-11/h4-5,8,19H,3,6-7,9H2,1-2H3,(H,15,20)(H,16,17,18). The molecule has 0 atom stereocenters. The Morgan fingerprint density at radius 1 is 1.35 bits per heavy atom. The highest BCUT2D eigenvalue weighted by molar-refractivity contribution is 5.97. The SMILES string of the molecule is CC(C)(CCCO)CNC(=O)c1ccc2n[nH]nc2c1. The minimum atomic E-state index is -0.119. The minimum Gasteiger partial charge on any atom is -0.396 e. The van der Waals surface area contributed by atoms with Crippen LogP contribution >= 0.6 is 0 Å². The van der Waals surface area contributed by atoms with E-state index in [1.54, 1.807) is 18.2 Å². The van der Waals surface area contributed by atoms with Crippen molar-refractivity contribution in [2.24, 2.45) is 5.41 Å². The van der Waals surface area contributed by atoms with Gasteiger partial charge in [-0.05, 0) is 36.5 Å². The maximum atomic E-state index is 12.1. The van der Waals surface area contributed by atoms with Gasteiger partial charge in [-0.1, -0.05) is 13.8 Å². The van der Waals surface area contributed by atoms with Crippen molar-refractivity contribution in [3.63, 3.8) is 0 Å². The first-order chi connectivity index (χ1) is 9.52. The van der Waals surface area contributed by atoms with Gasteiger partial charge in [0.05, 0.1) is 0 Å². The number of amides is 1. The van der Waals surface area contributed by atoms with Gasteiger partial charge in [-0.3, -0.25) is 4.79 Å². The minimum absolute atomic E-state index is 0.0314. The molecule has 0 bridgehead atoms. The fourth-order valence-corrected chi connectivity index (χ4v) is 2.05. The summed E-state index contributed by atoms with van der Waals surface area (Å²) in [6.45, 7) is 4.90. The van der Waals surface area contributed by atoms with Gasteiger partial charge < -0.3 is 10.4 Å². The normalized spacial score (nSPS) is 11.8. The van der Waals surface area contributed by atoms with Gasteiger partial charge >= 0.3 is 0 Å². The lowest BCUT2D eigenvalue weighted by molar-refractivity contribution is 0.0933. The van der Waals surface area contributed by atoms with Crippen molar-refractivity contribution >= 4 is 16.9 Å². The van der Waals surface area contributed by atoms with E-state index in [2.05, 4.69) is 34.6 Å². The molecule has 20 heavy (non-hydrogen) atoms. The Labute approximate surface area is 117 Å². The summed E-state index contributed by atoms with van der Waals surface area (Å²) in [4.78, 5) is 12.1. The number of H-pyrrole nitrogens is 1. The number of nitrogens with zero attached hydrogens (tertiary/aromatic N) is 2. The Balaban J connectivity index is 1.97. The summed E-state index contributed by atoms with van der Waals surface area (Å²) in [5, 5.41) is 22.2. The first kappa shape index (κ1) is 14.5. The highest BCUT2D eigenvalue weighted by atomic mass is 16.2. The summed E-state index contributed by atoms with van der Waals surface area (Å²) >= 11 is 0. The summed E-state index contributed by atoms with van der Waals surface area (Å²) in [6, 6.07) is 5.22. The number of fused-ring (bicyclic) bond motifs is 1. The van der Waals surface area contributed by atoms with Gasteiger partial charge in [-0.2, -0.15) is 15.4 Å². The van der Waals surface area contributed by atoms with Gasteiger partial charge in [-0.25, -0.2) is 0 Å². The number of aromatic amines is 1. The maximum Gasteiger partial charge on any atom is 0.251 e. The molecule has 0 fully saturated rings. The topological polar surface area (TPSA) is 90.9 Å². The van der Waals surface area contributed by atoms with Crippen molar-refractivity contribution in [2.45, 2.75) is 26.7 Å². The molecule has 0 aliphatic carbocycles. The molecule has 1 amide bonds. The molecule has 3 N–H and O–H groups in total. The van der Waals surface area contributed by atoms with Crippen LogP contribution in [-0.4, -0.2) is 39.6 Å². The fourth-order valence-electron chi connectivity index (χ4n) is 2.05. The smallest absolute Gasteiger partial charge is 0.251 e. The van der Waals surface area contributed by atoms with Crippen LogP contribution in [0, 0.1) is 5.41 Å². The fraction of sp³-hybridized carbons (Fsp3) is 0.500. The Morgan fingerprint density at radius 2 is 2.10 bits per heavy atom. The largest absolute Gasteiger partial charge is 0.396 e. The van der Waals surface area contributed by atoms with Gasteiger partial charge in [0.2, 0.25) is 0 Å². The molecule has 0 saturated carbocycles. The molecular weight excluding hydrogens is 256 g/mol. The molecule has 0 spiro atoms. The van der Waals surface area contributed by atoms with Crippen molar-refractivity contribution < 1.29 is 9.90 Å². The van der Waals surface area contributed by atoms with E-state index in [1.807, 2.05) is 0 Å². The molecule has 2 aromatic rings. The summed E-state index contributed by atoms with van der Waals surface area (Å²) < 4.78 is 0. The molecule has 2 rings (SSSR count). The Hall–Kier alpha value is -1.95. The number of hydrogen-bond acceptors (Lipinski definition) is 4. The quantitative estimate of drug-likeness (QED) is 0.745. The van der Waals surface area contributed by atoms with Crippen LogP contribution in [-0.2, 0) is 0 Å². The van der Waals surface area contributed by atoms with E-state index >= 15 is 0 Å². The molecule has 0 unspecified atom stereocenters. The van der Waals surface area contributed by atoms with Crippen molar-refractivity contribution in [1.29, 1.82) is 0 Å². The lowest BCUT2D eigenvalue weighted by atomic mass is 9.88. The van der Waals surface area contributed by atoms with Gasteiger partial charge in [-0.15, -0.1) is 0 Å². The second-order valence-electron chi connectivity index (χ2n) is 5.70. The van der Waals surface area contributed by atoms with E-state index in [9.17, 15) is 4.79 Å². The number of rotatable bonds is 6. The number of benzene rings is 1. The van der Waals surface area contributed by atoms with Crippen molar-refractivity contribution in [2.75, 3.05) is 13.2 Å². The molecular formula is C14H20N4O2. The highest BCUT2D eigenvalue weighted by Gasteiger charge is 2.19. The third-order valence-corrected chi connectivity index (χ3v) is 3.32. The summed E-state index contributed by atoms with van der Waals surface area (Å²) in [5.41, 5.74) is 1.96. The summed E-state index contributed by atoms with van der Waals surface area (Å²) in [7, 11) is 0. The van der Waals surface area contributed by atoms with Crippen LogP contribution in [0.25, 0.3) is 11.0 Å². The van der Waals surface area contributed by atoms with Crippen molar-refractivity contribution in [3.05, 3.63) is 23.8 Å². The van der Waals surface area contributed by atoms with E-state index in [0.29, 0.717) is 17.6 Å². The molecule has 6 heteroatoms. The van der Waals surface area contributed by atoms with Crippen LogP contribution in [0.15, 0.2) is 18.2 Å². The molecule has 1 heterocycles. The summed E-state index contributed by atoms with van der Waals surface area (Å²) in [6.07, 6.45) is 1.61. The average Bonchev–Trinajstić information content (AvgIpc) is 2.90. The van der Waals surface area contributed by atoms with Gasteiger partial charge in [0.1, 0.15) is 11.0 Å². The second kappa shape index (κ2) is 6.00. The van der Waals surface area contributed by atoms with Gasteiger partial charge in [0.25, 0.3) is 5.91 Å². The first-order valence-corrected chi connectivity index (χ1v) is 6.71. The van der Waals surface area contributed by atoms with Crippen LogP contribution in [0.1, 0.15) is 37.0 Å². The zero-order valence-corrected chi connectivity index (χ0v) is 11.8. The molecule has 6 nitrogen and oxygen atoms in total. The molecule has 108 valence electrons. The number of carbonyl (C=O) groups excluding carboxylic acids is 1. The van der Waals surface area contributed by atoms with E-state index < -0.39 is 0 Å². The molecule has 0 aliphatic heterocycles. The van der Waals surface area contributed by atoms with Crippen LogP contribution < -0.4 is 5.32 Å². The van der Waals surface area contributed by atoms with Gasteiger partial charge in [0.15, 0.2) is 0 Å². The monoisotopic (exact) mass is 276 g/mol. The van der Waals surface area contributed by atoms with E-state index in [-0.39, 0.29) is 17.9 Å². The lowest BCUT2D eigenvalue weighted by Gasteiger charge is -2.24. The Kier molecular flexibility index (Phi) is 4.34. The highest BCUT2D eigenvalue weighted by Crippen LogP contribution is 2.21.